The van der Waals surface area contributed by atoms with Crippen LogP contribution in [0, 0.1) is 19.8 Å². The van der Waals surface area contributed by atoms with Crippen LogP contribution in [-0.4, -0.2) is 41.2 Å². The lowest BCUT2D eigenvalue weighted by Crippen LogP contribution is -2.38. The average Bonchev–Trinajstić information content (AvgIpc) is 2.81. The molecule has 132 valence electrons. The van der Waals surface area contributed by atoms with Gasteiger partial charge in [0.25, 0.3) is 11.8 Å². The topological polar surface area (TPSA) is 40.6 Å². The maximum Gasteiger partial charge on any atom is 0.278 e. The van der Waals surface area contributed by atoms with E-state index >= 15 is 0 Å². The minimum atomic E-state index is -0.203. The minimum Gasteiger partial charge on any atom is -0.366 e. The van der Waals surface area contributed by atoms with E-state index in [1.165, 1.54) is 4.90 Å². The number of carbonyl (C=O) groups is 2. The largest absolute Gasteiger partial charge is 0.366 e. The molecule has 0 radical (unpaired) electrons. The Balaban J connectivity index is 2.10. The zero-order valence-electron chi connectivity index (χ0n) is 15.3. The number of carbonyl (C=O) groups excluding carboxylic acids is 2. The van der Waals surface area contributed by atoms with Crippen LogP contribution in [0.4, 0.5) is 0 Å². The Morgan fingerprint density at radius 1 is 1.16 bits per heavy atom. The fraction of sp³-hybridized carbons (Fsp3) is 0.429. The van der Waals surface area contributed by atoms with Crippen LogP contribution in [0.15, 0.2) is 36.6 Å². The van der Waals surface area contributed by atoms with Crippen molar-refractivity contribution in [2.75, 3.05) is 19.6 Å². The highest BCUT2D eigenvalue weighted by Crippen LogP contribution is 2.35. The first-order chi connectivity index (χ1) is 11.9. The van der Waals surface area contributed by atoms with Gasteiger partial charge in [-0.15, -0.1) is 6.58 Å². The third-order valence-electron chi connectivity index (χ3n) is 5.21. The lowest BCUT2D eigenvalue weighted by molar-refractivity contribution is -0.137. The number of benzene rings is 1. The molecule has 0 aliphatic carbocycles. The molecule has 1 aromatic rings. The molecule has 2 aliphatic rings. The van der Waals surface area contributed by atoms with Gasteiger partial charge in [0.2, 0.25) is 0 Å². The van der Waals surface area contributed by atoms with Crippen molar-refractivity contribution in [3.63, 3.8) is 0 Å². The Kier molecular flexibility index (Phi) is 4.80. The van der Waals surface area contributed by atoms with Crippen molar-refractivity contribution >= 4 is 17.4 Å². The van der Waals surface area contributed by atoms with Crippen molar-refractivity contribution < 1.29 is 9.59 Å². The summed E-state index contributed by atoms with van der Waals surface area (Å²) in [7, 11) is 0. The second-order valence-electron chi connectivity index (χ2n) is 7.22. The van der Waals surface area contributed by atoms with Crippen molar-refractivity contribution in [2.45, 2.75) is 33.6 Å². The molecule has 0 aromatic heterocycles. The van der Waals surface area contributed by atoms with Crippen LogP contribution in [0.1, 0.15) is 36.5 Å². The highest BCUT2D eigenvalue weighted by Gasteiger charge is 2.41. The van der Waals surface area contributed by atoms with Crippen LogP contribution in [0.25, 0.3) is 5.57 Å². The van der Waals surface area contributed by atoms with Gasteiger partial charge in [-0.1, -0.05) is 36.8 Å². The number of amides is 2. The highest BCUT2D eigenvalue weighted by atomic mass is 16.2. The van der Waals surface area contributed by atoms with E-state index in [0.29, 0.717) is 17.2 Å². The van der Waals surface area contributed by atoms with Crippen molar-refractivity contribution in [1.82, 2.24) is 9.80 Å². The summed E-state index contributed by atoms with van der Waals surface area (Å²) in [5.74, 6) is 0.276. The quantitative estimate of drug-likeness (QED) is 0.625. The SMILES string of the molecule is C=CCN1C(=O)C(c2ccc(C)cc2C)=C(N2CCC(C)CC2)C1=O. The van der Waals surface area contributed by atoms with Crippen molar-refractivity contribution in [3.05, 3.63) is 53.2 Å². The predicted octanol–water partition coefficient (Wildman–Crippen LogP) is 3.30. The third kappa shape index (κ3) is 3.13. The summed E-state index contributed by atoms with van der Waals surface area (Å²) in [6.45, 7) is 11.9. The van der Waals surface area contributed by atoms with E-state index in [2.05, 4.69) is 24.5 Å². The molecule has 1 fully saturated rings. The van der Waals surface area contributed by atoms with E-state index < -0.39 is 0 Å². The summed E-state index contributed by atoms with van der Waals surface area (Å²) in [6, 6.07) is 6.03. The summed E-state index contributed by atoms with van der Waals surface area (Å²) in [6.07, 6.45) is 3.70. The molecule has 0 saturated carbocycles. The van der Waals surface area contributed by atoms with E-state index in [1.54, 1.807) is 6.08 Å². The van der Waals surface area contributed by atoms with E-state index in [4.69, 9.17) is 0 Å². The van der Waals surface area contributed by atoms with Crippen LogP contribution in [0.2, 0.25) is 0 Å². The van der Waals surface area contributed by atoms with Gasteiger partial charge in [0.1, 0.15) is 5.70 Å². The van der Waals surface area contributed by atoms with Gasteiger partial charge in [-0.3, -0.25) is 14.5 Å². The highest BCUT2D eigenvalue weighted by molar-refractivity contribution is 6.35. The zero-order chi connectivity index (χ0) is 18.1. The molecule has 1 saturated heterocycles. The maximum absolute atomic E-state index is 13.0. The Morgan fingerprint density at radius 3 is 2.44 bits per heavy atom. The van der Waals surface area contributed by atoms with Gasteiger partial charge in [0.05, 0.1) is 5.57 Å². The molecule has 0 unspecified atom stereocenters. The second kappa shape index (κ2) is 6.87. The van der Waals surface area contributed by atoms with E-state index in [9.17, 15) is 9.59 Å². The van der Waals surface area contributed by atoms with Gasteiger partial charge in [-0.25, -0.2) is 0 Å². The molecule has 2 amide bonds. The number of rotatable bonds is 4. The van der Waals surface area contributed by atoms with Crippen LogP contribution in [-0.2, 0) is 9.59 Å². The number of hydrogen-bond acceptors (Lipinski definition) is 3. The monoisotopic (exact) mass is 338 g/mol. The smallest absolute Gasteiger partial charge is 0.278 e. The van der Waals surface area contributed by atoms with Crippen molar-refractivity contribution in [2.24, 2.45) is 5.92 Å². The van der Waals surface area contributed by atoms with E-state index in [0.717, 1.165) is 42.6 Å². The standard InChI is InChI=1S/C21H26N2O2/c1-5-10-23-20(24)18(17-7-6-15(3)13-16(17)4)19(21(23)25)22-11-8-14(2)9-12-22/h5-7,13-14H,1,8-12H2,2-4H3. The first kappa shape index (κ1) is 17.5. The summed E-state index contributed by atoms with van der Waals surface area (Å²) < 4.78 is 0. The number of nitrogens with zero attached hydrogens (tertiary/aromatic N) is 2. The van der Waals surface area contributed by atoms with E-state index in [-0.39, 0.29) is 18.4 Å². The van der Waals surface area contributed by atoms with Crippen LogP contribution in [0.3, 0.4) is 0 Å². The molecule has 2 heterocycles. The Bertz CT molecular complexity index is 755. The third-order valence-corrected chi connectivity index (χ3v) is 5.21. The normalized spacial score (nSPS) is 19.2. The summed E-state index contributed by atoms with van der Waals surface area (Å²) in [5.41, 5.74) is 4.17. The number of likely N-dealkylation sites (tertiary alicyclic amines) is 1. The maximum atomic E-state index is 13.0. The minimum absolute atomic E-state index is 0.186. The number of imide groups is 1. The molecule has 0 atom stereocenters. The molecule has 4 nitrogen and oxygen atoms in total. The molecular formula is C21H26N2O2. The lowest BCUT2D eigenvalue weighted by atomic mass is 9.95. The van der Waals surface area contributed by atoms with Gasteiger partial charge in [0, 0.05) is 19.6 Å². The number of hydrogen-bond donors (Lipinski definition) is 0. The first-order valence-corrected chi connectivity index (χ1v) is 8.98. The predicted molar refractivity (Wildman–Crippen MR) is 99.7 cm³/mol. The second-order valence-corrected chi connectivity index (χ2v) is 7.22. The van der Waals surface area contributed by atoms with Gasteiger partial charge >= 0.3 is 0 Å². The number of aryl methyl sites for hydroxylation is 2. The molecule has 3 rings (SSSR count). The van der Waals surface area contributed by atoms with Crippen molar-refractivity contribution in [3.8, 4) is 0 Å². The fourth-order valence-corrected chi connectivity index (χ4v) is 3.72. The molecule has 4 heteroatoms. The van der Waals surface area contributed by atoms with Crippen molar-refractivity contribution in [1.29, 1.82) is 0 Å². The lowest BCUT2D eigenvalue weighted by Gasteiger charge is -2.32. The van der Waals surface area contributed by atoms with Crippen LogP contribution < -0.4 is 0 Å². The van der Waals surface area contributed by atoms with Crippen LogP contribution in [0.5, 0.6) is 0 Å². The Labute approximate surface area is 149 Å². The molecule has 2 aliphatic heterocycles. The molecule has 0 spiro atoms. The van der Waals surface area contributed by atoms with Gasteiger partial charge in [-0.05, 0) is 43.7 Å². The molecule has 0 N–H and O–H groups in total. The van der Waals surface area contributed by atoms with Crippen LogP contribution >= 0.6 is 0 Å². The summed E-state index contributed by atoms with van der Waals surface area (Å²) >= 11 is 0. The number of piperidine rings is 1. The average molecular weight is 338 g/mol. The molecule has 0 bridgehead atoms. The van der Waals surface area contributed by atoms with Gasteiger partial charge in [-0.2, -0.15) is 0 Å². The first-order valence-electron chi connectivity index (χ1n) is 8.98. The van der Waals surface area contributed by atoms with E-state index in [1.807, 2.05) is 26.0 Å². The Morgan fingerprint density at radius 2 is 1.84 bits per heavy atom. The molecule has 1 aromatic carbocycles. The molecular weight excluding hydrogens is 312 g/mol. The fourth-order valence-electron chi connectivity index (χ4n) is 3.72. The summed E-state index contributed by atoms with van der Waals surface area (Å²) in [5, 5.41) is 0. The van der Waals surface area contributed by atoms with Gasteiger partial charge in [0.15, 0.2) is 0 Å². The summed E-state index contributed by atoms with van der Waals surface area (Å²) in [4.78, 5) is 29.5. The Hall–Kier alpha value is -2.36. The zero-order valence-corrected chi connectivity index (χ0v) is 15.3. The van der Waals surface area contributed by atoms with Gasteiger partial charge < -0.3 is 4.90 Å². The molecule has 25 heavy (non-hydrogen) atoms.